The topological polar surface area (TPSA) is 40.6 Å². The minimum Gasteiger partial charge on any atom is -0.493 e. The van der Waals surface area contributed by atoms with E-state index >= 15 is 0 Å². The molecule has 0 spiro atoms. The third-order valence-electron chi connectivity index (χ3n) is 4.01. The van der Waals surface area contributed by atoms with Crippen LogP contribution in [-0.2, 0) is 0 Å². The number of benzene rings is 2. The molecule has 1 aromatic heterocycles. The SMILES string of the molecule is COc1cc2nc(-c3cc(C)cc(C)c3)ccc2c(OC)c1OC. The quantitative estimate of drug-likeness (QED) is 0.706. The monoisotopic (exact) mass is 323 g/mol. The highest BCUT2D eigenvalue weighted by atomic mass is 16.5. The van der Waals surface area contributed by atoms with Crippen LogP contribution in [0.25, 0.3) is 22.2 Å². The Labute approximate surface area is 142 Å². The first-order chi connectivity index (χ1) is 11.6. The van der Waals surface area contributed by atoms with Gasteiger partial charge in [-0.05, 0) is 38.1 Å². The normalized spacial score (nSPS) is 10.7. The van der Waals surface area contributed by atoms with Crippen LogP contribution in [0.1, 0.15) is 11.1 Å². The zero-order valence-corrected chi connectivity index (χ0v) is 14.6. The lowest BCUT2D eigenvalue weighted by molar-refractivity contribution is 0.327. The Bertz CT molecular complexity index is 883. The molecule has 0 aliphatic heterocycles. The zero-order valence-electron chi connectivity index (χ0n) is 14.6. The number of methoxy groups -OCH3 is 3. The van der Waals surface area contributed by atoms with E-state index in [1.54, 1.807) is 21.3 Å². The summed E-state index contributed by atoms with van der Waals surface area (Å²) in [6, 6.07) is 12.3. The summed E-state index contributed by atoms with van der Waals surface area (Å²) in [4.78, 5) is 4.80. The number of rotatable bonds is 4. The average Bonchev–Trinajstić information content (AvgIpc) is 2.58. The van der Waals surface area contributed by atoms with Gasteiger partial charge in [-0.3, -0.25) is 0 Å². The van der Waals surface area contributed by atoms with Gasteiger partial charge in [0.25, 0.3) is 0 Å². The van der Waals surface area contributed by atoms with Gasteiger partial charge in [-0.2, -0.15) is 0 Å². The Morgan fingerprint density at radius 1 is 0.750 bits per heavy atom. The standard InChI is InChI=1S/C20H21NO3/c1-12-8-13(2)10-14(9-12)16-7-6-15-17(21-16)11-18(22-3)20(24-5)19(15)23-4/h6-11H,1-5H3. The highest BCUT2D eigenvalue weighted by Crippen LogP contribution is 2.43. The van der Waals surface area contributed by atoms with Crippen LogP contribution in [0.15, 0.2) is 36.4 Å². The third-order valence-corrected chi connectivity index (χ3v) is 4.01. The maximum Gasteiger partial charge on any atom is 0.204 e. The Morgan fingerprint density at radius 2 is 1.42 bits per heavy atom. The predicted octanol–water partition coefficient (Wildman–Crippen LogP) is 4.54. The average molecular weight is 323 g/mol. The Balaban J connectivity index is 2.24. The fourth-order valence-corrected chi connectivity index (χ4v) is 3.03. The molecular weight excluding hydrogens is 302 g/mol. The van der Waals surface area contributed by atoms with Crippen LogP contribution in [0.5, 0.6) is 17.2 Å². The first kappa shape index (κ1) is 16.1. The van der Waals surface area contributed by atoms with Gasteiger partial charge in [0.15, 0.2) is 11.5 Å². The van der Waals surface area contributed by atoms with Crippen LogP contribution in [0.2, 0.25) is 0 Å². The van der Waals surface area contributed by atoms with E-state index in [1.165, 1.54) is 11.1 Å². The summed E-state index contributed by atoms with van der Waals surface area (Å²) in [6.07, 6.45) is 0. The second kappa shape index (κ2) is 6.40. The number of hydrogen-bond acceptors (Lipinski definition) is 4. The maximum atomic E-state index is 5.53. The van der Waals surface area contributed by atoms with E-state index in [2.05, 4.69) is 32.0 Å². The van der Waals surface area contributed by atoms with E-state index in [1.807, 2.05) is 18.2 Å². The Hall–Kier alpha value is -2.75. The number of fused-ring (bicyclic) bond motifs is 1. The van der Waals surface area contributed by atoms with Crippen molar-refractivity contribution >= 4 is 10.9 Å². The molecule has 24 heavy (non-hydrogen) atoms. The van der Waals surface area contributed by atoms with Crippen LogP contribution < -0.4 is 14.2 Å². The van der Waals surface area contributed by atoms with E-state index in [0.29, 0.717) is 17.2 Å². The molecule has 0 amide bonds. The molecule has 0 radical (unpaired) electrons. The van der Waals surface area contributed by atoms with E-state index in [0.717, 1.165) is 22.2 Å². The summed E-state index contributed by atoms with van der Waals surface area (Å²) in [5, 5.41) is 0.892. The van der Waals surface area contributed by atoms with Crippen molar-refractivity contribution in [1.29, 1.82) is 0 Å². The van der Waals surface area contributed by atoms with Crippen molar-refractivity contribution in [2.45, 2.75) is 13.8 Å². The minimum atomic E-state index is 0.577. The van der Waals surface area contributed by atoms with Gasteiger partial charge in [-0.25, -0.2) is 4.98 Å². The number of aromatic nitrogens is 1. The number of pyridine rings is 1. The molecule has 0 fully saturated rings. The summed E-state index contributed by atoms with van der Waals surface area (Å²) >= 11 is 0. The third kappa shape index (κ3) is 2.75. The summed E-state index contributed by atoms with van der Waals surface area (Å²) in [6.45, 7) is 4.18. The molecule has 4 heteroatoms. The van der Waals surface area contributed by atoms with Crippen molar-refractivity contribution in [2.24, 2.45) is 0 Å². The predicted molar refractivity (Wildman–Crippen MR) is 96.3 cm³/mol. The summed E-state index contributed by atoms with van der Waals surface area (Å²) < 4.78 is 16.4. The van der Waals surface area contributed by atoms with Crippen molar-refractivity contribution in [3.63, 3.8) is 0 Å². The molecule has 0 aliphatic carbocycles. The second-order valence-corrected chi connectivity index (χ2v) is 5.78. The first-order valence-electron chi connectivity index (χ1n) is 7.75. The summed E-state index contributed by atoms with van der Waals surface area (Å²) in [5.41, 5.74) is 5.27. The second-order valence-electron chi connectivity index (χ2n) is 5.78. The fraction of sp³-hybridized carbons (Fsp3) is 0.250. The smallest absolute Gasteiger partial charge is 0.204 e. The van der Waals surface area contributed by atoms with Crippen LogP contribution in [0.4, 0.5) is 0 Å². The Kier molecular flexibility index (Phi) is 4.30. The highest BCUT2D eigenvalue weighted by Gasteiger charge is 2.17. The van der Waals surface area contributed by atoms with Crippen LogP contribution in [-0.4, -0.2) is 26.3 Å². The van der Waals surface area contributed by atoms with Crippen molar-refractivity contribution in [1.82, 2.24) is 4.98 Å². The Morgan fingerprint density at radius 3 is 2.00 bits per heavy atom. The highest BCUT2D eigenvalue weighted by molar-refractivity contribution is 5.92. The number of ether oxygens (including phenoxy) is 3. The number of aryl methyl sites for hydroxylation is 2. The number of nitrogens with zero attached hydrogens (tertiary/aromatic N) is 1. The van der Waals surface area contributed by atoms with E-state index in [-0.39, 0.29) is 0 Å². The van der Waals surface area contributed by atoms with Gasteiger partial charge < -0.3 is 14.2 Å². The lowest BCUT2D eigenvalue weighted by Crippen LogP contribution is -1.97. The molecule has 124 valence electrons. The van der Waals surface area contributed by atoms with Gasteiger partial charge in [-0.1, -0.05) is 17.2 Å². The molecule has 2 aromatic carbocycles. The largest absolute Gasteiger partial charge is 0.493 e. The van der Waals surface area contributed by atoms with Crippen LogP contribution in [0.3, 0.4) is 0 Å². The maximum absolute atomic E-state index is 5.53. The molecule has 0 atom stereocenters. The zero-order chi connectivity index (χ0) is 17.3. The minimum absolute atomic E-state index is 0.577. The van der Waals surface area contributed by atoms with E-state index < -0.39 is 0 Å². The summed E-state index contributed by atoms with van der Waals surface area (Å²) in [7, 11) is 4.83. The van der Waals surface area contributed by atoms with Gasteiger partial charge in [0.2, 0.25) is 5.75 Å². The van der Waals surface area contributed by atoms with Crippen molar-refractivity contribution in [3.05, 3.63) is 47.5 Å². The molecule has 0 saturated carbocycles. The molecule has 1 heterocycles. The van der Waals surface area contributed by atoms with Crippen LogP contribution in [0, 0.1) is 13.8 Å². The fourth-order valence-electron chi connectivity index (χ4n) is 3.03. The molecule has 4 nitrogen and oxygen atoms in total. The van der Waals surface area contributed by atoms with Crippen LogP contribution >= 0.6 is 0 Å². The molecule has 0 unspecified atom stereocenters. The summed E-state index contributed by atoms with van der Waals surface area (Å²) in [5.74, 6) is 1.81. The van der Waals surface area contributed by atoms with Crippen molar-refractivity contribution in [3.8, 4) is 28.5 Å². The van der Waals surface area contributed by atoms with Gasteiger partial charge in [0, 0.05) is 17.0 Å². The molecule has 0 bridgehead atoms. The molecular formula is C20H21NO3. The van der Waals surface area contributed by atoms with Gasteiger partial charge >= 0.3 is 0 Å². The van der Waals surface area contributed by atoms with Gasteiger partial charge in [-0.15, -0.1) is 0 Å². The van der Waals surface area contributed by atoms with Crippen molar-refractivity contribution < 1.29 is 14.2 Å². The van der Waals surface area contributed by atoms with E-state index in [9.17, 15) is 0 Å². The van der Waals surface area contributed by atoms with Gasteiger partial charge in [0.05, 0.1) is 32.5 Å². The lowest BCUT2D eigenvalue weighted by Gasteiger charge is -2.15. The molecule has 3 rings (SSSR count). The number of hydrogen-bond donors (Lipinski definition) is 0. The molecule has 0 saturated heterocycles. The molecule has 3 aromatic rings. The first-order valence-corrected chi connectivity index (χ1v) is 7.75. The van der Waals surface area contributed by atoms with E-state index in [4.69, 9.17) is 19.2 Å². The lowest BCUT2D eigenvalue weighted by atomic mass is 10.0. The molecule has 0 aliphatic rings. The molecule has 0 N–H and O–H groups in total. The van der Waals surface area contributed by atoms with Crippen molar-refractivity contribution in [2.75, 3.05) is 21.3 Å². The van der Waals surface area contributed by atoms with Gasteiger partial charge in [0.1, 0.15) is 0 Å².